The number of nitrogens with zero attached hydrogens (tertiary/aromatic N) is 1. The molecule has 0 bridgehead atoms. The van der Waals surface area contributed by atoms with Crippen molar-refractivity contribution in [3.05, 3.63) is 28.6 Å². The van der Waals surface area contributed by atoms with Gasteiger partial charge < -0.3 is 16.0 Å². The molecule has 0 aliphatic carbocycles. The van der Waals surface area contributed by atoms with Crippen LogP contribution in [0.3, 0.4) is 0 Å². The third-order valence-electron chi connectivity index (χ3n) is 3.89. The van der Waals surface area contributed by atoms with Crippen LogP contribution >= 0.6 is 11.3 Å². The second-order valence-electron chi connectivity index (χ2n) is 5.37. The summed E-state index contributed by atoms with van der Waals surface area (Å²) in [5.41, 5.74) is 7.69. The summed E-state index contributed by atoms with van der Waals surface area (Å²) in [5, 5.41) is 3.70. The maximum Gasteiger partial charge on any atom is 0.264 e. The van der Waals surface area contributed by atoms with Crippen molar-refractivity contribution >= 4 is 38.9 Å². The molecule has 0 saturated carbocycles. The molecule has 0 spiro atoms. The van der Waals surface area contributed by atoms with Gasteiger partial charge >= 0.3 is 0 Å². The summed E-state index contributed by atoms with van der Waals surface area (Å²) in [6.45, 7) is 2.67. The Kier molecular flexibility index (Phi) is 3.33. The van der Waals surface area contributed by atoms with Gasteiger partial charge in [-0.25, -0.2) is 0 Å². The number of benzene rings is 1. The number of hydrogen-bond acceptors (Lipinski definition) is 4. The van der Waals surface area contributed by atoms with Crippen molar-refractivity contribution in [2.24, 2.45) is 0 Å². The van der Waals surface area contributed by atoms with E-state index >= 15 is 0 Å². The van der Waals surface area contributed by atoms with Crippen LogP contribution in [0, 0.1) is 6.92 Å². The summed E-state index contributed by atoms with van der Waals surface area (Å²) < 4.78 is 1.02. The van der Waals surface area contributed by atoms with Crippen LogP contribution in [0.15, 0.2) is 18.2 Å². The van der Waals surface area contributed by atoms with Gasteiger partial charge in [0.15, 0.2) is 0 Å². The molecule has 1 aliphatic rings. The third-order valence-corrected chi connectivity index (χ3v) is 5.25. The van der Waals surface area contributed by atoms with Crippen LogP contribution in [0.5, 0.6) is 0 Å². The molecule has 3 rings (SSSR count). The Balaban J connectivity index is 1.90. The number of likely N-dealkylation sites (N-methyl/N-ethyl adjacent to an activating group) is 1. The van der Waals surface area contributed by atoms with Crippen LogP contribution in [0.1, 0.15) is 21.7 Å². The zero-order valence-corrected chi connectivity index (χ0v) is 12.8. The van der Waals surface area contributed by atoms with Crippen molar-refractivity contribution in [1.29, 1.82) is 0 Å². The van der Waals surface area contributed by atoms with Crippen molar-refractivity contribution in [2.45, 2.75) is 19.4 Å². The molecule has 5 nitrogen and oxygen atoms in total. The van der Waals surface area contributed by atoms with Crippen LogP contribution in [0.4, 0.5) is 5.69 Å². The van der Waals surface area contributed by atoms with Crippen molar-refractivity contribution in [3.8, 4) is 0 Å². The number of fused-ring (bicyclic) bond motifs is 1. The first-order valence-electron chi connectivity index (χ1n) is 6.82. The van der Waals surface area contributed by atoms with E-state index in [1.165, 1.54) is 11.3 Å². The van der Waals surface area contributed by atoms with E-state index in [9.17, 15) is 9.59 Å². The highest BCUT2D eigenvalue weighted by Crippen LogP contribution is 2.35. The minimum Gasteiger partial charge on any atom is -0.397 e. The molecular formula is C15H17N3O2S. The maximum absolute atomic E-state index is 12.4. The average molecular weight is 303 g/mol. The molecule has 2 aromatic rings. The van der Waals surface area contributed by atoms with E-state index in [-0.39, 0.29) is 11.8 Å². The molecule has 1 aromatic carbocycles. The van der Waals surface area contributed by atoms with E-state index in [1.807, 2.05) is 25.1 Å². The quantitative estimate of drug-likeness (QED) is 0.887. The number of nitrogens with two attached hydrogens (primary N) is 1. The Morgan fingerprint density at radius 1 is 1.48 bits per heavy atom. The average Bonchev–Trinajstić information content (AvgIpc) is 2.95. The van der Waals surface area contributed by atoms with Crippen LogP contribution in [-0.2, 0) is 4.79 Å². The van der Waals surface area contributed by atoms with E-state index in [4.69, 9.17) is 5.73 Å². The smallest absolute Gasteiger partial charge is 0.264 e. The second-order valence-corrected chi connectivity index (χ2v) is 6.39. The van der Waals surface area contributed by atoms with Gasteiger partial charge in [0.1, 0.15) is 10.9 Å². The molecule has 1 fully saturated rings. The van der Waals surface area contributed by atoms with Crippen LogP contribution in [-0.4, -0.2) is 36.3 Å². The van der Waals surface area contributed by atoms with Gasteiger partial charge in [0, 0.05) is 23.7 Å². The number of thiophene rings is 1. The lowest BCUT2D eigenvalue weighted by molar-refractivity contribution is -0.128. The second kappa shape index (κ2) is 5.04. The van der Waals surface area contributed by atoms with Gasteiger partial charge in [0.2, 0.25) is 5.91 Å². The van der Waals surface area contributed by atoms with Gasteiger partial charge in [0.05, 0.1) is 5.69 Å². The minimum atomic E-state index is -0.437. The number of likely N-dealkylation sites (tertiary alicyclic amines) is 1. The Morgan fingerprint density at radius 3 is 2.86 bits per heavy atom. The molecule has 21 heavy (non-hydrogen) atoms. The highest BCUT2D eigenvalue weighted by Gasteiger charge is 2.31. The van der Waals surface area contributed by atoms with Crippen molar-refractivity contribution in [3.63, 3.8) is 0 Å². The monoisotopic (exact) mass is 303 g/mol. The molecule has 1 atom stereocenters. The lowest BCUT2D eigenvalue weighted by Gasteiger charge is -2.11. The molecule has 2 amide bonds. The lowest BCUT2D eigenvalue weighted by Crippen LogP contribution is -2.40. The van der Waals surface area contributed by atoms with Gasteiger partial charge in [0.25, 0.3) is 5.91 Å². The number of nitrogens with one attached hydrogen (secondary N) is 1. The zero-order valence-electron chi connectivity index (χ0n) is 12.0. The zero-order chi connectivity index (χ0) is 15.1. The molecule has 110 valence electrons. The van der Waals surface area contributed by atoms with Gasteiger partial charge in [-0.2, -0.15) is 0 Å². The van der Waals surface area contributed by atoms with Crippen molar-refractivity contribution in [1.82, 2.24) is 10.2 Å². The summed E-state index contributed by atoms with van der Waals surface area (Å²) >= 11 is 1.38. The topological polar surface area (TPSA) is 75.4 Å². The van der Waals surface area contributed by atoms with E-state index < -0.39 is 6.04 Å². The van der Waals surface area contributed by atoms with Crippen molar-refractivity contribution < 1.29 is 9.59 Å². The summed E-state index contributed by atoms with van der Waals surface area (Å²) in [4.78, 5) is 26.4. The van der Waals surface area contributed by atoms with E-state index in [1.54, 1.807) is 11.9 Å². The largest absolute Gasteiger partial charge is 0.397 e. The molecule has 1 aromatic heterocycles. The van der Waals surface area contributed by atoms with E-state index in [0.29, 0.717) is 23.5 Å². The number of carbonyl (C=O) groups is 2. The van der Waals surface area contributed by atoms with E-state index in [0.717, 1.165) is 15.6 Å². The van der Waals surface area contributed by atoms with Gasteiger partial charge in [-0.05, 0) is 18.9 Å². The molecule has 1 aliphatic heterocycles. The number of carbonyl (C=O) groups excluding carboxylic acids is 2. The number of aryl methyl sites for hydroxylation is 1. The summed E-state index contributed by atoms with van der Waals surface area (Å²) in [7, 11) is 1.74. The molecule has 1 unspecified atom stereocenters. The molecule has 0 radical (unpaired) electrons. The molecule has 3 N–H and O–H groups in total. The number of amides is 2. The first kappa shape index (κ1) is 13.9. The van der Waals surface area contributed by atoms with Crippen LogP contribution < -0.4 is 11.1 Å². The van der Waals surface area contributed by atoms with Crippen molar-refractivity contribution in [2.75, 3.05) is 19.3 Å². The highest BCUT2D eigenvalue weighted by molar-refractivity contribution is 7.21. The summed E-state index contributed by atoms with van der Waals surface area (Å²) in [6.07, 6.45) is 0.644. The first-order valence-corrected chi connectivity index (χ1v) is 7.64. The standard InChI is InChI=1S/C15H17N3O2S/c1-8-4-3-5-9-11(16)13(21-12(8)9)14(19)17-10-6-7-18(2)15(10)20/h3-5,10H,6-7,16H2,1-2H3,(H,17,19). The number of rotatable bonds is 2. The highest BCUT2D eigenvalue weighted by atomic mass is 32.1. The van der Waals surface area contributed by atoms with Gasteiger partial charge in [-0.15, -0.1) is 11.3 Å². The molecule has 1 saturated heterocycles. The minimum absolute atomic E-state index is 0.0424. The normalized spacial score (nSPS) is 18.5. The summed E-state index contributed by atoms with van der Waals surface area (Å²) in [6, 6.07) is 5.40. The number of anilines is 1. The molecule has 2 heterocycles. The fourth-order valence-corrected chi connectivity index (χ4v) is 3.72. The predicted molar refractivity (Wildman–Crippen MR) is 84.5 cm³/mol. The predicted octanol–water partition coefficient (Wildman–Crippen LogP) is 1.75. The Morgan fingerprint density at radius 2 is 2.24 bits per heavy atom. The Labute approximate surface area is 126 Å². The number of hydrogen-bond donors (Lipinski definition) is 2. The SMILES string of the molecule is Cc1cccc2c(N)c(C(=O)NC3CCN(C)C3=O)sc12. The van der Waals surface area contributed by atoms with Gasteiger partial charge in [-0.3, -0.25) is 9.59 Å². The maximum atomic E-state index is 12.4. The van der Waals surface area contributed by atoms with E-state index in [2.05, 4.69) is 5.32 Å². The molecule has 6 heteroatoms. The Bertz CT molecular complexity index is 738. The lowest BCUT2D eigenvalue weighted by atomic mass is 10.1. The molecular weight excluding hydrogens is 286 g/mol. The third kappa shape index (κ3) is 2.25. The fourth-order valence-electron chi connectivity index (χ4n) is 2.63. The van der Waals surface area contributed by atoms with Crippen LogP contribution in [0.2, 0.25) is 0 Å². The summed E-state index contributed by atoms with van der Waals surface area (Å²) in [5.74, 6) is -0.305. The van der Waals surface area contributed by atoms with Gasteiger partial charge in [-0.1, -0.05) is 18.2 Å². The fraction of sp³-hybridized carbons (Fsp3) is 0.333. The van der Waals surface area contributed by atoms with Crippen LogP contribution in [0.25, 0.3) is 10.1 Å². The first-order chi connectivity index (χ1) is 9.99. The Hall–Kier alpha value is -2.08. The number of nitrogen functional groups attached to an aromatic ring is 1.